The van der Waals surface area contributed by atoms with Gasteiger partial charge in [0.15, 0.2) is 0 Å². The summed E-state index contributed by atoms with van der Waals surface area (Å²) in [4.78, 5) is 2.01. The van der Waals surface area contributed by atoms with Crippen LogP contribution < -0.4 is 0 Å². The first kappa shape index (κ1) is 13.2. The number of hydrogen-bond acceptors (Lipinski definition) is 4. The highest BCUT2D eigenvalue weighted by molar-refractivity contribution is 4.97. The molecule has 1 heterocycles. The molecule has 1 N–H and O–H groups in total. The number of nitrogens with zero attached hydrogens (tertiary/aromatic N) is 1. The summed E-state index contributed by atoms with van der Waals surface area (Å²) in [6.45, 7) is 5.57. The van der Waals surface area contributed by atoms with Crippen LogP contribution in [-0.2, 0) is 11.3 Å². The predicted molar refractivity (Wildman–Crippen MR) is 62.1 cm³/mol. The second-order valence-corrected chi connectivity index (χ2v) is 4.31. The summed E-state index contributed by atoms with van der Waals surface area (Å²) in [6, 6.07) is 3.79. The first-order chi connectivity index (χ1) is 7.58. The van der Waals surface area contributed by atoms with E-state index in [1.807, 2.05) is 37.9 Å². The summed E-state index contributed by atoms with van der Waals surface area (Å²) < 4.78 is 10.6. The largest absolute Gasteiger partial charge is 0.468 e. The van der Waals surface area contributed by atoms with E-state index in [9.17, 15) is 5.11 Å². The van der Waals surface area contributed by atoms with Gasteiger partial charge in [-0.25, -0.2) is 0 Å². The van der Waals surface area contributed by atoms with Crippen LogP contribution in [0.4, 0.5) is 0 Å². The molecular weight excluding hydrogens is 206 g/mol. The van der Waals surface area contributed by atoms with Crippen LogP contribution in [0.25, 0.3) is 0 Å². The van der Waals surface area contributed by atoms with E-state index < -0.39 is 6.10 Å². The molecule has 0 aromatic carbocycles. The van der Waals surface area contributed by atoms with Gasteiger partial charge in [-0.15, -0.1) is 0 Å². The Balaban J connectivity index is 2.20. The van der Waals surface area contributed by atoms with E-state index >= 15 is 0 Å². The fraction of sp³-hybridized carbons (Fsp3) is 0.667. The van der Waals surface area contributed by atoms with Crippen LogP contribution in [0, 0.1) is 0 Å². The number of hydrogen-bond donors (Lipinski definition) is 1. The number of furan rings is 1. The van der Waals surface area contributed by atoms with Gasteiger partial charge in [-0.2, -0.15) is 0 Å². The van der Waals surface area contributed by atoms with Crippen LogP contribution in [-0.4, -0.2) is 42.4 Å². The number of ether oxygens (including phenoxy) is 1. The van der Waals surface area contributed by atoms with Gasteiger partial charge in [-0.3, -0.25) is 4.90 Å². The van der Waals surface area contributed by atoms with Crippen molar-refractivity contribution < 1.29 is 14.3 Å². The summed E-state index contributed by atoms with van der Waals surface area (Å²) in [5, 5.41) is 9.70. The van der Waals surface area contributed by atoms with Gasteiger partial charge in [0, 0.05) is 6.54 Å². The lowest BCUT2D eigenvalue weighted by atomic mass is 10.3. The molecule has 16 heavy (non-hydrogen) atoms. The predicted octanol–water partition coefficient (Wildman–Crippen LogP) is 1.50. The first-order valence-corrected chi connectivity index (χ1v) is 5.58. The van der Waals surface area contributed by atoms with Crippen molar-refractivity contribution >= 4 is 0 Å². The minimum atomic E-state index is -0.456. The van der Waals surface area contributed by atoms with E-state index in [1.54, 1.807) is 6.26 Å². The lowest BCUT2D eigenvalue weighted by Gasteiger charge is -2.20. The summed E-state index contributed by atoms with van der Waals surface area (Å²) in [6.07, 6.45) is 1.36. The molecule has 1 aromatic heterocycles. The number of rotatable bonds is 7. The van der Waals surface area contributed by atoms with Crippen molar-refractivity contribution in [2.45, 2.75) is 32.6 Å². The molecule has 0 bridgehead atoms. The highest BCUT2D eigenvalue weighted by Crippen LogP contribution is 2.04. The minimum absolute atomic E-state index is 0.157. The molecular formula is C12H21NO3. The van der Waals surface area contributed by atoms with Crippen LogP contribution in [0.3, 0.4) is 0 Å². The Labute approximate surface area is 96.8 Å². The van der Waals surface area contributed by atoms with E-state index in [0.29, 0.717) is 19.7 Å². The highest BCUT2D eigenvalue weighted by atomic mass is 16.5. The zero-order valence-corrected chi connectivity index (χ0v) is 10.2. The van der Waals surface area contributed by atoms with Crippen LogP contribution >= 0.6 is 0 Å². The average Bonchev–Trinajstić information content (AvgIpc) is 2.67. The van der Waals surface area contributed by atoms with Gasteiger partial charge in [0.05, 0.1) is 31.6 Å². The number of likely N-dealkylation sites (N-methyl/N-ethyl adjacent to an activating group) is 1. The zero-order chi connectivity index (χ0) is 12.0. The lowest BCUT2D eigenvalue weighted by Crippen LogP contribution is -2.32. The molecule has 1 aromatic rings. The third-order valence-corrected chi connectivity index (χ3v) is 2.15. The molecule has 4 nitrogen and oxygen atoms in total. The second-order valence-electron chi connectivity index (χ2n) is 4.31. The quantitative estimate of drug-likeness (QED) is 0.766. The molecule has 1 rings (SSSR count). The average molecular weight is 227 g/mol. The van der Waals surface area contributed by atoms with Crippen molar-refractivity contribution in [1.29, 1.82) is 0 Å². The van der Waals surface area contributed by atoms with Crippen molar-refractivity contribution in [2.75, 3.05) is 20.2 Å². The van der Waals surface area contributed by atoms with Gasteiger partial charge in [-0.05, 0) is 33.0 Å². The lowest BCUT2D eigenvalue weighted by molar-refractivity contribution is -0.00689. The fourth-order valence-electron chi connectivity index (χ4n) is 1.45. The van der Waals surface area contributed by atoms with E-state index in [0.717, 1.165) is 5.76 Å². The summed E-state index contributed by atoms with van der Waals surface area (Å²) in [7, 11) is 1.95. The van der Waals surface area contributed by atoms with Gasteiger partial charge < -0.3 is 14.3 Å². The topological polar surface area (TPSA) is 45.8 Å². The molecule has 0 saturated carbocycles. The Morgan fingerprint density at radius 2 is 2.25 bits per heavy atom. The molecule has 0 fully saturated rings. The van der Waals surface area contributed by atoms with E-state index in [-0.39, 0.29) is 6.10 Å². The van der Waals surface area contributed by atoms with Crippen molar-refractivity contribution in [2.24, 2.45) is 0 Å². The molecule has 1 atom stereocenters. The minimum Gasteiger partial charge on any atom is -0.468 e. The SMILES string of the molecule is CC(C)OCC(O)CN(C)Cc1ccco1. The maximum absolute atomic E-state index is 9.70. The maximum atomic E-state index is 9.70. The fourth-order valence-corrected chi connectivity index (χ4v) is 1.45. The van der Waals surface area contributed by atoms with Crippen LogP contribution in [0.5, 0.6) is 0 Å². The standard InChI is InChI=1S/C12H21NO3/c1-10(2)16-9-11(14)7-13(3)8-12-5-4-6-15-12/h4-6,10-11,14H,7-9H2,1-3H3. The van der Waals surface area contributed by atoms with Crippen LogP contribution in [0.2, 0.25) is 0 Å². The molecule has 0 aliphatic heterocycles. The number of aliphatic hydroxyl groups excluding tert-OH is 1. The Kier molecular flexibility index (Phi) is 5.52. The summed E-state index contributed by atoms with van der Waals surface area (Å²) in [5.41, 5.74) is 0. The summed E-state index contributed by atoms with van der Waals surface area (Å²) in [5.74, 6) is 0.902. The van der Waals surface area contributed by atoms with E-state index in [1.165, 1.54) is 0 Å². The molecule has 4 heteroatoms. The molecule has 0 aliphatic carbocycles. The molecule has 0 saturated heterocycles. The van der Waals surface area contributed by atoms with Gasteiger partial charge in [0.1, 0.15) is 5.76 Å². The highest BCUT2D eigenvalue weighted by Gasteiger charge is 2.10. The molecule has 0 spiro atoms. The van der Waals surface area contributed by atoms with Gasteiger partial charge in [0.25, 0.3) is 0 Å². The normalized spacial score (nSPS) is 13.6. The monoisotopic (exact) mass is 227 g/mol. The van der Waals surface area contributed by atoms with Gasteiger partial charge in [0.2, 0.25) is 0 Å². The van der Waals surface area contributed by atoms with Crippen LogP contribution in [0.1, 0.15) is 19.6 Å². The Bertz CT molecular complexity index is 272. The van der Waals surface area contributed by atoms with Crippen molar-refractivity contribution in [3.8, 4) is 0 Å². The third kappa shape index (κ3) is 5.30. The molecule has 0 amide bonds. The smallest absolute Gasteiger partial charge is 0.117 e. The van der Waals surface area contributed by atoms with E-state index in [2.05, 4.69) is 0 Å². The summed E-state index contributed by atoms with van der Waals surface area (Å²) >= 11 is 0. The molecule has 0 aliphatic rings. The van der Waals surface area contributed by atoms with Gasteiger partial charge in [-0.1, -0.05) is 0 Å². The first-order valence-electron chi connectivity index (χ1n) is 5.58. The third-order valence-electron chi connectivity index (χ3n) is 2.15. The van der Waals surface area contributed by atoms with Crippen LogP contribution in [0.15, 0.2) is 22.8 Å². The molecule has 0 radical (unpaired) electrons. The Morgan fingerprint density at radius 1 is 1.50 bits per heavy atom. The zero-order valence-electron chi connectivity index (χ0n) is 10.2. The number of aliphatic hydroxyl groups is 1. The van der Waals surface area contributed by atoms with E-state index in [4.69, 9.17) is 9.15 Å². The van der Waals surface area contributed by atoms with Crippen molar-refractivity contribution in [3.63, 3.8) is 0 Å². The molecule has 92 valence electrons. The Morgan fingerprint density at radius 3 is 2.81 bits per heavy atom. The Hall–Kier alpha value is -0.840. The maximum Gasteiger partial charge on any atom is 0.117 e. The second kappa shape index (κ2) is 6.68. The van der Waals surface area contributed by atoms with Crippen molar-refractivity contribution in [3.05, 3.63) is 24.2 Å². The van der Waals surface area contributed by atoms with Gasteiger partial charge >= 0.3 is 0 Å². The van der Waals surface area contributed by atoms with Crippen molar-refractivity contribution in [1.82, 2.24) is 4.90 Å². The molecule has 1 unspecified atom stereocenters.